The van der Waals surface area contributed by atoms with Crippen molar-refractivity contribution in [2.75, 3.05) is 47.5 Å². The van der Waals surface area contributed by atoms with Gasteiger partial charge in [-0.2, -0.15) is 0 Å². The van der Waals surface area contributed by atoms with Gasteiger partial charge in [0.25, 0.3) is 7.82 Å². The van der Waals surface area contributed by atoms with E-state index in [1.165, 1.54) is 77.0 Å². The molecule has 216 valence electrons. The van der Waals surface area contributed by atoms with Gasteiger partial charge in [-0.25, -0.2) is 0 Å². The molecule has 0 saturated carbocycles. The summed E-state index contributed by atoms with van der Waals surface area (Å²) in [4.78, 5) is 23.7. The SMILES string of the molecule is CCCCCCCCCCCCCCCCC(Br)C(=O)OC[C@H](CO)OP(=O)([O-])OCC[N+](C)(C)C. The summed E-state index contributed by atoms with van der Waals surface area (Å²) in [6, 6.07) is 0. The fraction of sp³-hybridized carbons (Fsp3) is 0.962. The molecular weight excluding hydrogens is 549 g/mol. The molecule has 0 rings (SSSR count). The second-order valence-corrected chi connectivity index (χ2v) is 13.2. The van der Waals surface area contributed by atoms with Crippen LogP contribution < -0.4 is 4.89 Å². The Bertz CT molecular complexity index is 589. The molecule has 0 spiro atoms. The second kappa shape index (κ2) is 21.9. The highest BCUT2D eigenvalue weighted by molar-refractivity contribution is 9.10. The zero-order chi connectivity index (χ0) is 27.3. The number of aliphatic hydroxyl groups excluding tert-OH is 1. The zero-order valence-electron chi connectivity index (χ0n) is 23.3. The number of phosphoric acid groups is 1. The normalized spacial score (nSPS) is 15.4. The molecule has 0 aromatic rings. The van der Waals surface area contributed by atoms with E-state index < -0.39 is 31.3 Å². The van der Waals surface area contributed by atoms with Gasteiger partial charge in [-0.1, -0.05) is 113 Å². The molecule has 8 nitrogen and oxygen atoms in total. The minimum atomic E-state index is -4.60. The number of hydrogen-bond acceptors (Lipinski definition) is 7. The summed E-state index contributed by atoms with van der Waals surface area (Å²) in [6.07, 6.45) is 17.3. The number of likely N-dealkylation sites (N-methyl/N-ethyl adjacent to an activating group) is 1. The van der Waals surface area contributed by atoms with E-state index in [0.717, 1.165) is 12.8 Å². The summed E-state index contributed by atoms with van der Waals surface area (Å²) in [6.45, 7) is 1.72. The second-order valence-electron chi connectivity index (χ2n) is 10.7. The van der Waals surface area contributed by atoms with Crippen LogP contribution in [0.4, 0.5) is 0 Å². The number of rotatable bonds is 25. The predicted octanol–water partition coefficient (Wildman–Crippen LogP) is 5.73. The number of carbonyl (C=O) groups excluding carboxylic acids is 1. The first-order valence-corrected chi connectivity index (χ1v) is 16.2. The van der Waals surface area contributed by atoms with E-state index >= 15 is 0 Å². The van der Waals surface area contributed by atoms with Gasteiger partial charge in [0, 0.05) is 0 Å². The molecule has 0 aliphatic carbocycles. The van der Waals surface area contributed by atoms with Gasteiger partial charge in [0.1, 0.15) is 30.7 Å². The molecule has 0 radical (unpaired) electrons. The Morgan fingerprint density at radius 1 is 0.917 bits per heavy atom. The number of nitrogens with zero attached hydrogens (tertiary/aromatic N) is 1. The summed E-state index contributed by atoms with van der Waals surface area (Å²) in [7, 11) is 1.12. The zero-order valence-corrected chi connectivity index (χ0v) is 25.7. The topological polar surface area (TPSA) is 105 Å². The lowest BCUT2D eigenvalue weighted by molar-refractivity contribution is -0.870. The summed E-state index contributed by atoms with van der Waals surface area (Å²) in [5, 5.41) is 9.39. The summed E-state index contributed by atoms with van der Waals surface area (Å²) < 4.78 is 27.3. The van der Waals surface area contributed by atoms with Crippen molar-refractivity contribution in [3.05, 3.63) is 0 Å². The Kier molecular flexibility index (Phi) is 21.9. The van der Waals surface area contributed by atoms with Gasteiger partial charge >= 0.3 is 5.97 Å². The number of esters is 1. The first kappa shape index (κ1) is 36.0. The maximum Gasteiger partial charge on any atom is 0.319 e. The number of alkyl halides is 1. The predicted molar refractivity (Wildman–Crippen MR) is 147 cm³/mol. The molecule has 1 N–H and O–H groups in total. The Hall–Kier alpha value is -0.0200. The molecule has 0 aromatic heterocycles. The first-order chi connectivity index (χ1) is 17.0. The molecule has 0 aliphatic heterocycles. The van der Waals surface area contributed by atoms with Crippen LogP contribution >= 0.6 is 23.8 Å². The van der Waals surface area contributed by atoms with Gasteiger partial charge in [-0.3, -0.25) is 9.36 Å². The van der Waals surface area contributed by atoms with E-state index in [2.05, 4.69) is 22.9 Å². The third kappa shape index (κ3) is 23.1. The number of quaternary nitrogens is 1. The number of phosphoric ester groups is 1. The molecule has 0 heterocycles. The van der Waals surface area contributed by atoms with Gasteiger partial charge < -0.3 is 28.3 Å². The van der Waals surface area contributed by atoms with Crippen molar-refractivity contribution in [3.63, 3.8) is 0 Å². The van der Waals surface area contributed by atoms with Crippen LogP contribution in [-0.2, 0) is 23.1 Å². The summed E-state index contributed by atoms with van der Waals surface area (Å²) in [5.74, 6) is -0.488. The Labute approximate surface area is 228 Å². The number of ether oxygens (including phenoxy) is 1. The Morgan fingerprint density at radius 3 is 1.83 bits per heavy atom. The molecule has 0 aromatic carbocycles. The fourth-order valence-corrected chi connectivity index (χ4v) is 4.97. The van der Waals surface area contributed by atoms with Crippen molar-refractivity contribution < 1.29 is 37.6 Å². The lowest BCUT2D eigenvalue weighted by atomic mass is 10.0. The highest BCUT2D eigenvalue weighted by Gasteiger charge is 2.23. The van der Waals surface area contributed by atoms with Crippen molar-refractivity contribution in [2.45, 2.75) is 114 Å². The Balaban J connectivity index is 3.82. The average Bonchev–Trinajstić information content (AvgIpc) is 2.80. The molecule has 0 aliphatic rings. The van der Waals surface area contributed by atoms with Crippen molar-refractivity contribution in [1.29, 1.82) is 0 Å². The van der Waals surface area contributed by atoms with E-state index in [1.54, 1.807) is 0 Å². The third-order valence-corrected chi connectivity index (χ3v) is 7.86. The molecule has 3 atom stereocenters. The molecule has 0 fully saturated rings. The van der Waals surface area contributed by atoms with E-state index in [0.29, 0.717) is 17.4 Å². The van der Waals surface area contributed by atoms with Crippen LogP contribution in [0.15, 0.2) is 0 Å². The van der Waals surface area contributed by atoms with Crippen LogP contribution in [0.2, 0.25) is 0 Å². The molecule has 0 saturated heterocycles. The highest BCUT2D eigenvalue weighted by atomic mass is 79.9. The minimum Gasteiger partial charge on any atom is -0.756 e. The number of halogens is 1. The first-order valence-electron chi connectivity index (χ1n) is 13.9. The van der Waals surface area contributed by atoms with Gasteiger partial charge in [-0.15, -0.1) is 0 Å². The van der Waals surface area contributed by atoms with E-state index in [9.17, 15) is 19.4 Å². The molecule has 0 amide bonds. The maximum atomic E-state index is 12.2. The van der Waals surface area contributed by atoms with Crippen LogP contribution in [-0.4, -0.2) is 74.0 Å². The number of carbonyl (C=O) groups is 1. The number of hydrogen-bond donors (Lipinski definition) is 1. The molecular formula is C26H53BrNO7P. The van der Waals surface area contributed by atoms with E-state index in [-0.39, 0.29) is 13.2 Å². The fourth-order valence-electron chi connectivity index (χ4n) is 3.66. The van der Waals surface area contributed by atoms with Gasteiger partial charge in [0.05, 0.1) is 27.7 Å². The quantitative estimate of drug-likeness (QED) is 0.0468. The summed E-state index contributed by atoms with van der Waals surface area (Å²) >= 11 is 3.35. The van der Waals surface area contributed by atoms with Crippen LogP contribution in [0.5, 0.6) is 0 Å². The van der Waals surface area contributed by atoms with Crippen molar-refractivity contribution in [2.24, 2.45) is 0 Å². The minimum absolute atomic E-state index is 0.0368. The van der Waals surface area contributed by atoms with E-state index in [1.807, 2.05) is 21.1 Å². The van der Waals surface area contributed by atoms with Crippen LogP contribution in [0, 0.1) is 0 Å². The van der Waals surface area contributed by atoms with Crippen molar-refractivity contribution in [1.82, 2.24) is 0 Å². The largest absolute Gasteiger partial charge is 0.756 e. The average molecular weight is 603 g/mol. The van der Waals surface area contributed by atoms with Crippen molar-refractivity contribution >= 4 is 29.7 Å². The maximum absolute atomic E-state index is 12.2. The number of aliphatic hydroxyl groups is 1. The van der Waals surface area contributed by atoms with Gasteiger partial charge in [0.2, 0.25) is 0 Å². The summed E-state index contributed by atoms with van der Waals surface area (Å²) in [5.41, 5.74) is 0. The molecule has 2 unspecified atom stereocenters. The Morgan fingerprint density at radius 2 is 1.39 bits per heavy atom. The van der Waals surface area contributed by atoms with Crippen LogP contribution in [0.3, 0.4) is 0 Å². The lowest BCUT2D eigenvalue weighted by Crippen LogP contribution is -2.38. The van der Waals surface area contributed by atoms with Crippen molar-refractivity contribution in [3.8, 4) is 0 Å². The van der Waals surface area contributed by atoms with Gasteiger partial charge in [0.15, 0.2) is 0 Å². The third-order valence-electron chi connectivity index (χ3n) is 5.97. The molecule has 36 heavy (non-hydrogen) atoms. The van der Waals surface area contributed by atoms with E-state index in [4.69, 9.17) is 13.8 Å². The molecule has 10 heteroatoms. The van der Waals surface area contributed by atoms with Crippen LogP contribution in [0.1, 0.15) is 103 Å². The smallest absolute Gasteiger partial charge is 0.319 e. The molecule has 0 bridgehead atoms. The number of unbranched alkanes of at least 4 members (excludes halogenated alkanes) is 13. The van der Waals surface area contributed by atoms with Gasteiger partial charge in [-0.05, 0) is 6.42 Å². The van der Waals surface area contributed by atoms with Crippen LogP contribution in [0.25, 0.3) is 0 Å². The highest BCUT2D eigenvalue weighted by Crippen LogP contribution is 2.39. The monoisotopic (exact) mass is 601 g/mol. The lowest BCUT2D eigenvalue weighted by Gasteiger charge is -2.29. The standard InChI is InChI=1S/C26H53BrNO7P/c1-5-6-7-8-9-10-11-12-13-14-15-16-17-18-19-25(27)26(30)33-23-24(22-29)35-36(31,32)34-21-20-28(2,3)4/h24-25,29H,5-23H2,1-4H3/t24-,25?/m0/s1.